The fraction of sp³-hybridized carbons (Fsp3) is 1.00. The number of rotatable bonds is 3. The van der Waals surface area contributed by atoms with Gasteiger partial charge in [0.15, 0.2) is 8.32 Å². The van der Waals surface area contributed by atoms with E-state index >= 15 is 0 Å². The van der Waals surface area contributed by atoms with E-state index in [0.717, 1.165) is 19.6 Å². The molecule has 0 spiro atoms. The van der Waals surface area contributed by atoms with Crippen LogP contribution in [-0.4, -0.2) is 39.7 Å². The Kier molecular flexibility index (Phi) is 3.98. The third kappa shape index (κ3) is 3.55. The molecule has 90 valence electrons. The van der Waals surface area contributed by atoms with Crippen molar-refractivity contribution >= 4 is 8.32 Å². The Morgan fingerprint density at radius 1 is 1.40 bits per heavy atom. The highest BCUT2D eigenvalue weighted by Crippen LogP contribution is 2.36. The summed E-state index contributed by atoms with van der Waals surface area (Å²) in [6.45, 7) is 13.1. The fourth-order valence-corrected chi connectivity index (χ4v) is 2.35. The molecular weight excluding hydrogens is 206 g/mol. The minimum Gasteiger partial charge on any atom is -0.414 e. The molecule has 1 aliphatic heterocycles. The second-order valence-corrected chi connectivity index (χ2v) is 10.7. The van der Waals surface area contributed by atoms with E-state index in [9.17, 15) is 0 Å². The first kappa shape index (κ1) is 13.2. The lowest BCUT2D eigenvalue weighted by Crippen LogP contribution is -2.42. The van der Waals surface area contributed by atoms with E-state index in [1.807, 2.05) is 12.1 Å². The number of nitrogens with zero attached hydrogens (tertiary/aromatic N) is 1. The quantitative estimate of drug-likeness (QED) is 0.697. The third-order valence-corrected chi connectivity index (χ3v) is 8.03. The molecule has 0 amide bonds. The van der Waals surface area contributed by atoms with Gasteiger partial charge in [-0.25, -0.2) is 0 Å². The van der Waals surface area contributed by atoms with Crippen LogP contribution in [-0.2, 0) is 9.26 Å². The summed E-state index contributed by atoms with van der Waals surface area (Å²) >= 11 is 0. The van der Waals surface area contributed by atoms with Gasteiger partial charge in [0.2, 0.25) is 0 Å². The van der Waals surface area contributed by atoms with Crippen LogP contribution in [0, 0.1) is 0 Å². The van der Waals surface area contributed by atoms with E-state index in [0.29, 0.717) is 0 Å². The van der Waals surface area contributed by atoms with Gasteiger partial charge in [0.25, 0.3) is 0 Å². The van der Waals surface area contributed by atoms with Crippen molar-refractivity contribution in [2.24, 2.45) is 0 Å². The highest BCUT2D eigenvalue weighted by atomic mass is 28.4. The van der Waals surface area contributed by atoms with Gasteiger partial charge in [0.05, 0.1) is 6.61 Å². The second kappa shape index (κ2) is 4.53. The van der Waals surface area contributed by atoms with Crippen molar-refractivity contribution in [3.05, 3.63) is 0 Å². The molecule has 0 aliphatic carbocycles. The van der Waals surface area contributed by atoms with E-state index in [2.05, 4.69) is 33.9 Å². The Balaban J connectivity index is 2.36. The van der Waals surface area contributed by atoms with Gasteiger partial charge < -0.3 is 4.43 Å². The van der Waals surface area contributed by atoms with Crippen molar-refractivity contribution in [1.82, 2.24) is 5.06 Å². The summed E-state index contributed by atoms with van der Waals surface area (Å²) in [5, 5.41) is 2.19. The average Bonchev–Trinajstić information content (AvgIpc) is 2.46. The zero-order valence-corrected chi connectivity index (χ0v) is 12.0. The van der Waals surface area contributed by atoms with Gasteiger partial charge in [-0.15, -0.1) is 0 Å². The highest BCUT2D eigenvalue weighted by Gasteiger charge is 2.38. The van der Waals surface area contributed by atoms with E-state index in [4.69, 9.17) is 9.26 Å². The molecule has 1 saturated heterocycles. The summed E-state index contributed by atoms with van der Waals surface area (Å²) in [4.78, 5) is 5.60. The Morgan fingerprint density at radius 2 is 2.00 bits per heavy atom. The molecule has 4 heteroatoms. The molecule has 0 aromatic carbocycles. The Bertz CT molecular complexity index is 213. The van der Waals surface area contributed by atoms with Crippen molar-refractivity contribution in [3.63, 3.8) is 0 Å². The van der Waals surface area contributed by atoms with Crippen LogP contribution in [0.2, 0.25) is 18.1 Å². The summed E-state index contributed by atoms with van der Waals surface area (Å²) in [6, 6.07) is 0. The minimum absolute atomic E-state index is 0.268. The van der Waals surface area contributed by atoms with Gasteiger partial charge in [-0.2, -0.15) is 5.06 Å². The number of hydroxylamine groups is 2. The predicted molar refractivity (Wildman–Crippen MR) is 65.3 cm³/mol. The van der Waals surface area contributed by atoms with Crippen LogP contribution in [0.4, 0.5) is 0 Å². The van der Waals surface area contributed by atoms with Crippen LogP contribution in [0.1, 0.15) is 27.2 Å². The number of hydrogen-bond donors (Lipinski definition) is 0. The minimum atomic E-state index is -1.59. The summed E-state index contributed by atoms with van der Waals surface area (Å²) in [5.74, 6) is 0. The lowest BCUT2D eigenvalue weighted by Gasteiger charge is -2.36. The monoisotopic (exact) mass is 231 g/mol. The zero-order chi connectivity index (χ0) is 11.7. The van der Waals surface area contributed by atoms with Crippen LogP contribution in [0.25, 0.3) is 0 Å². The van der Waals surface area contributed by atoms with Gasteiger partial charge >= 0.3 is 0 Å². The van der Waals surface area contributed by atoms with E-state index < -0.39 is 8.32 Å². The molecule has 1 fully saturated rings. The Labute approximate surface area is 94.8 Å². The van der Waals surface area contributed by atoms with Gasteiger partial charge in [0.1, 0.15) is 6.10 Å². The molecule has 1 atom stereocenters. The first-order valence-electron chi connectivity index (χ1n) is 5.74. The maximum atomic E-state index is 6.11. The fourth-order valence-electron chi connectivity index (χ4n) is 1.32. The van der Waals surface area contributed by atoms with Crippen LogP contribution in [0.3, 0.4) is 0 Å². The van der Waals surface area contributed by atoms with Crippen molar-refractivity contribution in [3.8, 4) is 0 Å². The molecule has 0 aromatic heterocycles. The molecule has 0 bridgehead atoms. The first-order chi connectivity index (χ1) is 6.72. The summed E-state index contributed by atoms with van der Waals surface area (Å²) in [6.07, 6.45) is 1.36. The largest absolute Gasteiger partial charge is 0.414 e. The summed E-state index contributed by atoms with van der Waals surface area (Å²) in [5.41, 5.74) is 0. The molecule has 0 aromatic rings. The Morgan fingerprint density at radius 3 is 2.40 bits per heavy atom. The predicted octanol–water partition coefficient (Wildman–Crippen LogP) is 2.64. The molecule has 3 nitrogen and oxygen atoms in total. The molecule has 0 N–H and O–H groups in total. The maximum absolute atomic E-state index is 6.11. The van der Waals surface area contributed by atoms with E-state index in [1.165, 1.54) is 0 Å². The third-order valence-electron chi connectivity index (χ3n) is 3.53. The van der Waals surface area contributed by atoms with Gasteiger partial charge in [-0.3, -0.25) is 4.84 Å². The topological polar surface area (TPSA) is 21.7 Å². The van der Waals surface area contributed by atoms with Gasteiger partial charge in [0, 0.05) is 13.6 Å². The first-order valence-corrected chi connectivity index (χ1v) is 8.65. The van der Waals surface area contributed by atoms with Gasteiger partial charge in [-0.05, 0) is 24.6 Å². The highest BCUT2D eigenvalue weighted by molar-refractivity contribution is 6.74. The van der Waals surface area contributed by atoms with Crippen molar-refractivity contribution in [2.75, 3.05) is 20.2 Å². The summed E-state index contributed by atoms with van der Waals surface area (Å²) < 4.78 is 6.11. The molecule has 15 heavy (non-hydrogen) atoms. The smallest absolute Gasteiger partial charge is 0.192 e. The van der Waals surface area contributed by atoms with Crippen molar-refractivity contribution < 1.29 is 9.26 Å². The van der Waals surface area contributed by atoms with Crippen LogP contribution < -0.4 is 0 Å². The molecule has 0 saturated carbocycles. The normalized spacial score (nSPS) is 24.8. The average molecular weight is 231 g/mol. The molecule has 1 rings (SSSR count). The lowest BCUT2D eigenvalue weighted by atomic mass is 10.2. The molecule has 0 radical (unpaired) electrons. The van der Waals surface area contributed by atoms with Gasteiger partial charge in [-0.1, -0.05) is 20.8 Å². The van der Waals surface area contributed by atoms with Crippen molar-refractivity contribution in [1.29, 1.82) is 0 Å². The molecule has 1 unspecified atom stereocenters. The van der Waals surface area contributed by atoms with Crippen LogP contribution in [0.15, 0.2) is 0 Å². The second-order valence-electron chi connectivity index (χ2n) is 5.94. The number of hydrogen-bond acceptors (Lipinski definition) is 3. The van der Waals surface area contributed by atoms with E-state index in [1.54, 1.807) is 0 Å². The van der Waals surface area contributed by atoms with Crippen LogP contribution >= 0.6 is 0 Å². The van der Waals surface area contributed by atoms with Crippen molar-refractivity contribution in [2.45, 2.75) is 51.4 Å². The SMILES string of the molecule is CN1CCC(CO[Si](C)(C)C(C)(C)C)O1. The lowest BCUT2D eigenvalue weighted by molar-refractivity contribution is -0.135. The summed E-state index contributed by atoms with van der Waals surface area (Å²) in [7, 11) is 0.386. The van der Waals surface area contributed by atoms with Crippen LogP contribution in [0.5, 0.6) is 0 Å². The zero-order valence-electron chi connectivity index (χ0n) is 11.0. The standard InChI is InChI=1S/C11H25NO2Si/c1-11(2,3)15(5,6)13-9-10-7-8-12(4)14-10/h10H,7-9H2,1-6H3. The Hall–Kier alpha value is 0.0969. The molecular formula is C11H25NO2Si. The maximum Gasteiger partial charge on any atom is 0.192 e. The van der Waals surface area contributed by atoms with E-state index in [-0.39, 0.29) is 11.1 Å². The molecule has 1 heterocycles. The molecule has 1 aliphatic rings.